The van der Waals surface area contributed by atoms with Crippen molar-refractivity contribution in [1.29, 1.82) is 0 Å². The van der Waals surface area contributed by atoms with E-state index in [0.29, 0.717) is 12.2 Å². The Morgan fingerprint density at radius 2 is 1.95 bits per heavy atom. The van der Waals surface area contributed by atoms with E-state index in [1.807, 2.05) is 45.0 Å². The van der Waals surface area contributed by atoms with E-state index in [9.17, 15) is 4.79 Å². The van der Waals surface area contributed by atoms with Crippen molar-refractivity contribution in [1.82, 2.24) is 15.3 Å². The van der Waals surface area contributed by atoms with Crippen molar-refractivity contribution in [3.63, 3.8) is 0 Å². The van der Waals surface area contributed by atoms with Crippen LogP contribution in [0.2, 0.25) is 0 Å². The SMILES string of the molecule is CCNC(=O)c1cc(-c2ccc(OC(C)C)cc2)nc(N)n1. The number of nitrogens with zero attached hydrogens (tertiary/aromatic N) is 2. The Morgan fingerprint density at radius 3 is 2.55 bits per heavy atom. The number of hydrogen-bond acceptors (Lipinski definition) is 5. The molecule has 0 bridgehead atoms. The molecule has 1 heterocycles. The summed E-state index contributed by atoms with van der Waals surface area (Å²) in [6.45, 7) is 6.31. The lowest BCUT2D eigenvalue weighted by Gasteiger charge is -2.10. The lowest BCUT2D eigenvalue weighted by molar-refractivity contribution is 0.0951. The van der Waals surface area contributed by atoms with Crippen LogP contribution in [0.3, 0.4) is 0 Å². The average Bonchev–Trinajstić information content (AvgIpc) is 2.47. The Hall–Kier alpha value is -2.63. The maximum atomic E-state index is 11.9. The van der Waals surface area contributed by atoms with Crippen molar-refractivity contribution in [2.45, 2.75) is 26.9 Å². The Balaban J connectivity index is 2.30. The monoisotopic (exact) mass is 300 g/mol. The lowest BCUT2D eigenvalue weighted by atomic mass is 10.1. The van der Waals surface area contributed by atoms with E-state index in [-0.39, 0.29) is 23.7 Å². The molecule has 0 spiro atoms. The van der Waals surface area contributed by atoms with Gasteiger partial charge in [-0.25, -0.2) is 9.97 Å². The van der Waals surface area contributed by atoms with E-state index < -0.39 is 0 Å². The van der Waals surface area contributed by atoms with Gasteiger partial charge in [0.1, 0.15) is 11.4 Å². The van der Waals surface area contributed by atoms with Crippen molar-refractivity contribution < 1.29 is 9.53 Å². The molecule has 0 saturated carbocycles. The summed E-state index contributed by atoms with van der Waals surface area (Å²) < 4.78 is 5.60. The molecule has 0 saturated heterocycles. The molecule has 0 radical (unpaired) electrons. The second kappa shape index (κ2) is 6.89. The molecule has 2 rings (SSSR count). The van der Waals surface area contributed by atoms with Gasteiger partial charge in [0.05, 0.1) is 11.8 Å². The van der Waals surface area contributed by atoms with Crippen molar-refractivity contribution in [3.8, 4) is 17.0 Å². The van der Waals surface area contributed by atoms with Crippen LogP contribution in [0.15, 0.2) is 30.3 Å². The molecule has 0 fully saturated rings. The largest absolute Gasteiger partial charge is 0.491 e. The van der Waals surface area contributed by atoms with Crippen LogP contribution in [0.5, 0.6) is 5.75 Å². The standard InChI is InChI=1S/C16H20N4O2/c1-4-18-15(21)14-9-13(19-16(17)20-14)11-5-7-12(8-6-11)22-10(2)3/h5-10H,4H2,1-3H3,(H,18,21)(H2,17,19,20). The first-order valence-electron chi connectivity index (χ1n) is 7.19. The minimum Gasteiger partial charge on any atom is -0.491 e. The number of rotatable bonds is 5. The van der Waals surface area contributed by atoms with Gasteiger partial charge in [0.2, 0.25) is 5.95 Å². The molecule has 0 aliphatic carbocycles. The summed E-state index contributed by atoms with van der Waals surface area (Å²) in [6.07, 6.45) is 0.116. The third-order valence-electron chi connectivity index (χ3n) is 2.84. The van der Waals surface area contributed by atoms with Gasteiger partial charge in [0.15, 0.2) is 0 Å². The van der Waals surface area contributed by atoms with Crippen LogP contribution in [-0.2, 0) is 0 Å². The van der Waals surface area contributed by atoms with Gasteiger partial charge in [0, 0.05) is 12.1 Å². The van der Waals surface area contributed by atoms with E-state index in [1.54, 1.807) is 6.07 Å². The molecule has 2 aromatic rings. The molecule has 116 valence electrons. The molecular weight excluding hydrogens is 280 g/mol. The molecule has 1 aromatic carbocycles. The number of carbonyl (C=O) groups excluding carboxylic acids is 1. The number of nitrogen functional groups attached to an aromatic ring is 1. The molecule has 0 aliphatic heterocycles. The number of ether oxygens (including phenoxy) is 1. The predicted octanol–water partition coefficient (Wildman–Crippen LogP) is 2.26. The summed E-state index contributed by atoms with van der Waals surface area (Å²) in [6, 6.07) is 9.10. The number of hydrogen-bond donors (Lipinski definition) is 2. The minimum absolute atomic E-state index is 0.0706. The summed E-state index contributed by atoms with van der Waals surface area (Å²) >= 11 is 0. The Morgan fingerprint density at radius 1 is 1.27 bits per heavy atom. The molecule has 0 atom stereocenters. The average molecular weight is 300 g/mol. The summed E-state index contributed by atoms with van der Waals surface area (Å²) in [7, 11) is 0. The van der Waals surface area contributed by atoms with Crippen molar-refractivity contribution >= 4 is 11.9 Å². The lowest BCUT2D eigenvalue weighted by Crippen LogP contribution is -2.24. The number of anilines is 1. The topological polar surface area (TPSA) is 90.1 Å². The van der Waals surface area contributed by atoms with Gasteiger partial charge in [-0.3, -0.25) is 4.79 Å². The van der Waals surface area contributed by atoms with Crippen LogP contribution in [0.1, 0.15) is 31.3 Å². The molecule has 0 aliphatic rings. The van der Waals surface area contributed by atoms with Gasteiger partial charge in [-0.2, -0.15) is 0 Å². The third-order valence-corrected chi connectivity index (χ3v) is 2.84. The second-order valence-corrected chi connectivity index (χ2v) is 5.05. The van der Waals surface area contributed by atoms with Crippen molar-refractivity contribution in [2.24, 2.45) is 0 Å². The zero-order valence-electron chi connectivity index (χ0n) is 13.0. The number of carbonyl (C=O) groups is 1. The highest BCUT2D eigenvalue weighted by atomic mass is 16.5. The highest BCUT2D eigenvalue weighted by molar-refractivity contribution is 5.93. The number of benzene rings is 1. The van der Waals surface area contributed by atoms with Gasteiger partial charge in [-0.1, -0.05) is 0 Å². The summed E-state index contributed by atoms with van der Waals surface area (Å²) in [5.74, 6) is 0.587. The van der Waals surface area contributed by atoms with Gasteiger partial charge in [-0.15, -0.1) is 0 Å². The van der Waals surface area contributed by atoms with Crippen LogP contribution in [-0.4, -0.2) is 28.5 Å². The van der Waals surface area contributed by atoms with Crippen molar-refractivity contribution in [2.75, 3.05) is 12.3 Å². The summed E-state index contributed by atoms with van der Waals surface area (Å²) in [5, 5.41) is 2.69. The van der Waals surface area contributed by atoms with Crippen LogP contribution in [0.4, 0.5) is 5.95 Å². The van der Waals surface area contributed by atoms with Crippen LogP contribution >= 0.6 is 0 Å². The number of nitrogens with two attached hydrogens (primary N) is 1. The van der Waals surface area contributed by atoms with Crippen molar-refractivity contribution in [3.05, 3.63) is 36.0 Å². The Labute approximate surface area is 129 Å². The van der Waals surface area contributed by atoms with Crippen LogP contribution < -0.4 is 15.8 Å². The summed E-state index contributed by atoms with van der Waals surface area (Å²) in [5.41, 5.74) is 7.40. The molecule has 22 heavy (non-hydrogen) atoms. The fourth-order valence-electron chi connectivity index (χ4n) is 1.96. The van der Waals surface area contributed by atoms with E-state index in [0.717, 1.165) is 11.3 Å². The second-order valence-electron chi connectivity index (χ2n) is 5.05. The maximum absolute atomic E-state index is 11.9. The zero-order chi connectivity index (χ0) is 16.1. The number of aromatic nitrogens is 2. The smallest absolute Gasteiger partial charge is 0.270 e. The molecule has 1 amide bonds. The molecule has 0 unspecified atom stereocenters. The van der Waals surface area contributed by atoms with E-state index >= 15 is 0 Å². The predicted molar refractivity (Wildman–Crippen MR) is 85.7 cm³/mol. The molecule has 1 aromatic heterocycles. The van der Waals surface area contributed by atoms with Gasteiger partial charge < -0.3 is 15.8 Å². The van der Waals surface area contributed by atoms with E-state index in [4.69, 9.17) is 10.5 Å². The first-order chi connectivity index (χ1) is 10.5. The Kier molecular flexibility index (Phi) is 4.93. The van der Waals surface area contributed by atoms with Gasteiger partial charge in [0.25, 0.3) is 5.91 Å². The van der Waals surface area contributed by atoms with Crippen LogP contribution in [0.25, 0.3) is 11.3 Å². The first kappa shape index (κ1) is 15.8. The fraction of sp³-hybridized carbons (Fsp3) is 0.312. The highest BCUT2D eigenvalue weighted by Gasteiger charge is 2.11. The molecular formula is C16H20N4O2. The maximum Gasteiger partial charge on any atom is 0.270 e. The quantitative estimate of drug-likeness (QED) is 0.884. The fourth-order valence-corrected chi connectivity index (χ4v) is 1.96. The normalized spacial score (nSPS) is 10.5. The van der Waals surface area contributed by atoms with E-state index in [2.05, 4.69) is 15.3 Å². The number of amides is 1. The molecule has 6 nitrogen and oxygen atoms in total. The molecule has 3 N–H and O–H groups in total. The zero-order valence-corrected chi connectivity index (χ0v) is 13.0. The first-order valence-corrected chi connectivity index (χ1v) is 7.19. The third kappa shape index (κ3) is 3.94. The van der Waals surface area contributed by atoms with Crippen LogP contribution in [0, 0.1) is 0 Å². The summed E-state index contributed by atoms with van der Waals surface area (Å²) in [4.78, 5) is 20.0. The van der Waals surface area contributed by atoms with Gasteiger partial charge in [-0.05, 0) is 51.1 Å². The highest BCUT2D eigenvalue weighted by Crippen LogP contribution is 2.22. The minimum atomic E-state index is -0.266. The number of nitrogens with one attached hydrogen (secondary N) is 1. The molecule has 6 heteroatoms. The Bertz CT molecular complexity index is 654. The van der Waals surface area contributed by atoms with E-state index in [1.165, 1.54) is 0 Å². The van der Waals surface area contributed by atoms with Gasteiger partial charge >= 0.3 is 0 Å².